The SMILES string of the molecule is CC(C)[C@H](NC(=O)Oc1ccccc1)C(=O)N1CCC[C@H]1C(=O)N[C@@H](C(=O)c1noc(C(F)(F)F)n1)C(C)C. The standard InChI is InChI=1S/C25H30F3N5O6/c1-13(2)17(19(34)20-31-23(39-32-20)25(26,27)28)29-21(35)16-11-8-12-33(16)22(36)18(14(3)4)30-24(37)38-15-9-6-5-7-10-15/h5-7,9-10,13-14,16-18H,8,11-12H2,1-4H3,(H,29,35)(H,30,37)/t16-,17+,18-/m0/s1. The summed E-state index contributed by atoms with van der Waals surface area (Å²) < 4.78 is 47.8. The van der Waals surface area contributed by atoms with E-state index in [-0.39, 0.29) is 24.6 Å². The van der Waals surface area contributed by atoms with Crippen LogP contribution in [0.4, 0.5) is 18.0 Å². The molecule has 11 nitrogen and oxygen atoms in total. The maximum Gasteiger partial charge on any atom is 0.471 e. The summed E-state index contributed by atoms with van der Waals surface area (Å²) in [6.45, 7) is 6.86. The van der Waals surface area contributed by atoms with Crippen molar-refractivity contribution in [2.24, 2.45) is 11.8 Å². The molecule has 0 unspecified atom stereocenters. The van der Waals surface area contributed by atoms with E-state index in [0.717, 1.165) is 0 Å². The zero-order valence-corrected chi connectivity index (χ0v) is 21.8. The molecular formula is C25H30F3N5O6. The monoisotopic (exact) mass is 553 g/mol. The van der Waals surface area contributed by atoms with Crippen molar-refractivity contribution in [3.63, 3.8) is 0 Å². The number of aromatic nitrogens is 2. The second-order valence-corrected chi connectivity index (χ2v) is 9.77. The van der Waals surface area contributed by atoms with Gasteiger partial charge in [0.2, 0.25) is 23.4 Å². The Bertz CT molecular complexity index is 1180. The number of hydrogen-bond donors (Lipinski definition) is 2. The minimum absolute atomic E-state index is 0.232. The van der Waals surface area contributed by atoms with Gasteiger partial charge in [-0.3, -0.25) is 14.4 Å². The quantitative estimate of drug-likeness (QED) is 0.451. The van der Waals surface area contributed by atoms with Crippen molar-refractivity contribution in [2.75, 3.05) is 6.54 Å². The third-order valence-corrected chi connectivity index (χ3v) is 6.13. The molecule has 0 spiro atoms. The Hall–Kier alpha value is -3.97. The van der Waals surface area contributed by atoms with Gasteiger partial charge in [-0.1, -0.05) is 51.1 Å². The van der Waals surface area contributed by atoms with E-state index in [2.05, 4.69) is 25.3 Å². The van der Waals surface area contributed by atoms with Crippen molar-refractivity contribution in [1.29, 1.82) is 0 Å². The molecule has 1 aliphatic heterocycles. The van der Waals surface area contributed by atoms with Crippen LogP contribution in [0.2, 0.25) is 0 Å². The van der Waals surface area contributed by atoms with E-state index in [9.17, 15) is 32.3 Å². The first kappa shape index (κ1) is 29.6. The topological polar surface area (TPSA) is 144 Å². The predicted octanol–water partition coefficient (Wildman–Crippen LogP) is 3.22. The summed E-state index contributed by atoms with van der Waals surface area (Å²) in [4.78, 5) is 56.4. The number of para-hydroxylation sites is 1. The number of ketones is 1. The second-order valence-electron chi connectivity index (χ2n) is 9.77. The smallest absolute Gasteiger partial charge is 0.410 e. The lowest BCUT2D eigenvalue weighted by Gasteiger charge is -2.31. The number of likely N-dealkylation sites (tertiary alicyclic amines) is 1. The van der Waals surface area contributed by atoms with E-state index in [4.69, 9.17) is 4.74 Å². The summed E-state index contributed by atoms with van der Waals surface area (Å²) in [5.41, 5.74) is 0. The molecule has 2 aromatic rings. The van der Waals surface area contributed by atoms with E-state index in [1.165, 1.54) is 4.90 Å². The molecule has 212 valence electrons. The Morgan fingerprint density at radius 3 is 2.23 bits per heavy atom. The highest BCUT2D eigenvalue weighted by atomic mass is 19.4. The predicted molar refractivity (Wildman–Crippen MR) is 129 cm³/mol. The second kappa shape index (κ2) is 12.3. The number of carbonyl (C=O) groups excluding carboxylic acids is 4. The molecule has 3 atom stereocenters. The molecule has 1 fully saturated rings. The van der Waals surface area contributed by atoms with Crippen LogP contribution in [-0.2, 0) is 15.8 Å². The molecule has 14 heteroatoms. The van der Waals surface area contributed by atoms with E-state index < -0.39 is 65.6 Å². The molecular weight excluding hydrogens is 523 g/mol. The molecule has 0 bridgehead atoms. The fourth-order valence-corrected chi connectivity index (χ4v) is 4.11. The molecule has 1 aliphatic rings. The van der Waals surface area contributed by atoms with Crippen LogP contribution in [0.5, 0.6) is 5.75 Å². The Morgan fingerprint density at radius 1 is 1.03 bits per heavy atom. The summed E-state index contributed by atoms with van der Waals surface area (Å²) in [5.74, 6) is -5.23. The van der Waals surface area contributed by atoms with Crippen molar-refractivity contribution in [3.8, 4) is 5.75 Å². The first-order valence-electron chi connectivity index (χ1n) is 12.4. The number of ether oxygens (including phenoxy) is 1. The Labute approximate surface area is 222 Å². The lowest BCUT2D eigenvalue weighted by Crippen LogP contribution is -2.57. The lowest BCUT2D eigenvalue weighted by molar-refractivity contribution is -0.159. The van der Waals surface area contributed by atoms with E-state index >= 15 is 0 Å². The first-order valence-corrected chi connectivity index (χ1v) is 12.4. The highest BCUT2D eigenvalue weighted by Crippen LogP contribution is 2.28. The van der Waals surface area contributed by atoms with Crippen molar-refractivity contribution >= 4 is 23.7 Å². The molecule has 0 radical (unpaired) electrons. The average Bonchev–Trinajstić information content (AvgIpc) is 3.55. The fourth-order valence-electron chi connectivity index (χ4n) is 4.11. The summed E-state index contributed by atoms with van der Waals surface area (Å²) in [5, 5.41) is 8.20. The molecule has 0 saturated carbocycles. The van der Waals surface area contributed by atoms with Gasteiger partial charge in [0.25, 0.3) is 0 Å². The Kier molecular flexibility index (Phi) is 9.30. The number of carbonyl (C=O) groups is 4. The van der Waals surface area contributed by atoms with Crippen molar-refractivity contribution in [3.05, 3.63) is 42.0 Å². The van der Waals surface area contributed by atoms with Gasteiger partial charge in [0.05, 0.1) is 6.04 Å². The maximum atomic E-state index is 13.4. The number of alkyl halides is 3. The third kappa shape index (κ3) is 7.33. The lowest BCUT2D eigenvalue weighted by atomic mass is 9.98. The van der Waals surface area contributed by atoms with Crippen LogP contribution in [0, 0.1) is 11.8 Å². The van der Waals surface area contributed by atoms with Crippen LogP contribution < -0.4 is 15.4 Å². The fraction of sp³-hybridized carbons (Fsp3) is 0.520. The van der Waals surface area contributed by atoms with Gasteiger partial charge in [-0.25, -0.2) is 4.79 Å². The number of rotatable bonds is 9. The van der Waals surface area contributed by atoms with Crippen LogP contribution in [0.15, 0.2) is 34.9 Å². The van der Waals surface area contributed by atoms with Crippen LogP contribution in [0.1, 0.15) is 57.0 Å². The van der Waals surface area contributed by atoms with Crippen LogP contribution >= 0.6 is 0 Å². The number of Topliss-reactive ketones (excluding diaryl/α,β-unsaturated/α-hetero) is 1. The minimum atomic E-state index is -4.93. The van der Waals surface area contributed by atoms with Gasteiger partial charge >= 0.3 is 18.2 Å². The van der Waals surface area contributed by atoms with Gasteiger partial charge in [0.1, 0.15) is 17.8 Å². The number of benzene rings is 1. The Balaban J connectivity index is 1.71. The normalized spacial score (nSPS) is 17.2. The largest absolute Gasteiger partial charge is 0.471 e. The van der Waals surface area contributed by atoms with Gasteiger partial charge in [0.15, 0.2) is 0 Å². The molecule has 1 aromatic carbocycles. The van der Waals surface area contributed by atoms with Gasteiger partial charge in [-0.15, -0.1) is 0 Å². The van der Waals surface area contributed by atoms with Gasteiger partial charge in [-0.2, -0.15) is 18.2 Å². The van der Waals surface area contributed by atoms with Crippen molar-refractivity contribution in [1.82, 2.24) is 25.7 Å². The molecule has 2 heterocycles. The average molecular weight is 554 g/mol. The Morgan fingerprint density at radius 2 is 1.67 bits per heavy atom. The molecule has 1 saturated heterocycles. The summed E-state index contributed by atoms with van der Waals surface area (Å²) in [6.07, 6.45) is -4.99. The molecule has 3 rings (SSSR count). The van der Waals surface area contributed by atoms with E-state index in [1.54, 1.807) is 58.0 Å². The number of amides is 3. The highest BCUT2D eigenvalue weighted by Gasteiger charge is 2.42. The van der Waals surface area contributed by atoms with Crippen molar-refractivity contribution < 1.29 is 41.6 Å². The zero-order chi connectivity index (χ0) is 28.9. The maximum absolute atomic E-state index is 13.4. The number of nitrogens with one attached hydrogen (secondary N) is 2. The van der Waals surface area contributed by atoms with E-state index in [1.807, 2.05) is 0 Å². The molecule has 2 N–H and O–H groups in total. The van der Waals surface area contributed by atoms with E-state index in [0.29, 0.717) is 6.42 Å². The summed E-state index contributed by atoms with van der Waals surface area (Å²) in [6, 6.07) is 5.05. The number of halogens is 3. The number of nitrogens with zero attached hydrogens (tertiary/aromatic N) is 3. The van der Waals surface area contributed by atoms with Crippen LogP contribution in [-0.4, -0.2) is 63.4 Å². The summed E-state index contributed by atoms with van der Waals surface area (Å²) in [7, 11) is 0. The van der Waals surface area contributed by atoms with Gasteiger partial charge in [0, 0.05) is 6.54 Å². The summed E-state index contributed by atoms with van der Waals surface area (Å²) >= 11 is 0. The van der Waals surface area contributed by atoms with Gasteiger partial charge in [-0.05, 0) is 36.8 Å². The number of hydrogen-bond acceptors (Lipinski definition) is 8. The molecule has 39 heavy (non-hydrogen) atoms. The first-order chi connectivity index (χ1) is 18.3. The zero-order valence-electron chi connectivity index (χ0n) is 21.8. The van der Waals surface area contributed by atoms with Gasteiger partial charge < -0.3 is 24.8 Å². The molecule has 0 aliphatic carbocycles. The third-order valence-electron chi connectivity index (χ3n) is 6.13. The molecule has 3 amide bonds. The van der Waals surface area contributed by atoms with Crippen LogP contribution in [0.25, 0.3) is 0 Å². The van der Waals surface area contributed by atoms with Crippen LogP contribution in [0.3, 0.4) is 0 Å². The minimum Gasteiger partial charge on any atom is -0.410 e. The van der Waals surface area contributed by atoms with Crippen molar-refractivity contribution in [2.45, 2.75) is 64.8 Å². The highest BCUT2D eigenvalue weighted by molar-refractivity contribution is 6.00. The molecule has 1 aromatic heterocycles.